The van der Waals surface area contributed by atoms with Gasteiger partial charge in [0.15, 0.2) is 0 Å². The van der Waals surface area contributed by atoms with Crippen LogP contribution in [0.1, 0.15) is 54.7 Å². The zero-order valence-electron chi connectivity index (χ0n) is 17.9. The van der Waals surface area contributed by atoms with Crippen molar-refractivity contribution in [1.82, 2.24) is 19.4 Å². The van der Waals surface area contributed by atoms with Crippen LogP contribution in [0.3, 0.4) is 0 Å². The van der Waals surface area contributed by atoms with E-state index in [0.717, 1.165) is 62.1 Å². The normalized spacial score (nSPS) is 23.9. The number of piperidine rings is 1. The molecule has 1 aromatic carbocycles. The number of aromatic nitrogens is 2. The minimum Gasteiger partial charge on any atom is -0.300 e. The minimum absolute atomic E-state index is 0.242. The molecule has 0 N–H and O–H groups in total. The van der Waals surface area contributed by atoms with E-state index in [-0.39, 0.29) is 11.0 Å². The lowest BCUT2D eigenvalue weighted by atomic mass is 9.76. The van der Waals surface area contributed by atoms with Crippen molar-refractivity contribution in [2.45, 2.75) is 70.6 Å². The molecule has 1 saturated heterocycles. The van der Waals surface area contributed by atoms with Gasteiger partial charge in [0.1, 0.15) is 5.82 Å². The molecular weight excluding hydrogens is 372 g/mol. The van der Waals surface area contributed by atoms with Gasteiger partial charge < -0.3 is 4.90 Å². The first-order valence-electron chi connectivity index (χ1n) is 11.8. The smallest absolute Gasteiger partial charge is 0.258 e. The number of nitrogens with zero attached hydrogens (tertiary/aromatic N) is 4. The molecule has 0 radical (unpaired) electrons. The lowest BCUT2D eigenvalue weighted by Crippen LogP contribution is -2.48. The van der Waals surface area contributed by atoms with Crippen molar-refractivity contribution in [3.05, 3.63) is 63.3 Å². The fourth-order valence-electron chi connectivity index (χ4n) is 6.07. The highest BCUT2D eigenvalue weighted by molar-refractivity contribution is 5.25. The predicted molar refractivity (Wildman–Crippen MR) is 117 cm³/mol. The van der Waals surface area contributed by atoms with Crippen LogP contribution in [0, 0.1) is 5.41 Å². The minimum atomic E-state index is 0.242. The first kappa shape index (κ1) is 18.8. The van der Waals surface area contributed by atoms with Gasteiger partial charge in [-0.3, -0.25) is 14.3 Å². The van der Waals surface area contributed by atoms with Crippen LogP contribution in [0.5, 0.6) is 0 Å². The van der Waals surface area contributed by atoms with Crippen LogP contribution in [0.25, 0.3) is 0 Å². The fraction of sp³-hybridized carbons (Fsp3) is 0.600. The molecule has 0 amide bonds. The van der Waals surface area contributed by atoms with Crippen LogP contribution in [0.4, 0.5) is 0 Å². The predicted octanol–water partition coefficient (Wildman–Crippen LogP) is 2.99. The average molecular weight is 405 g/mol. The number of hydrogen-bond donors (Lipinski definition) is 0. The summed E-state index contributed by atoms with van der Waals surface area (Å²) < 4.78 is 2.05. The number of hydrogen-bond acceptors (Lipinski definition) is 4. The molecule has 158 valence electrons. The lowest BCUT2D eigenvalue weighted by Gasteiger charge is -2.45. The SMILES string of the molecule is O=c1c2c(nc3n1CC1(CCN(C4CCC4)CC1)C3)CCN(Cc1ccccc1)C2. The molecule has 3 aliphatic heterocycles. The first-order chi connectivity index (χ1) is 14.7. The third-order valence-electron chi connectivity index (χ3n) is 8.20. The summed E-state index contributed by atoms with van der Waals surface area (Å²) in [4.78, 5) is 23.6. The maximum atomic E-state index is 13.4. The van der Waals surface area contributed by atoms with Crippen LogP contribution < -0.4 is 5.56 Å². The van der Waals surface area contributed by atoms with E-state index in [4.69, 9.17) is 4.98 Å². The van der Waals surface area contributed by atoms with Gasteiger partial charge in [0.25, 0.3) is 5.56 Å². The van der Waals surface area contributed by atoms with Crippen molar-refractivity contribution in [1.29, 1.82) is 0 Å². The molecule has 6 rings (SSSR count). The second-order valence-electron chi connectivity index (χ2n) is 10.1. The summed E-state index contributed by atoms with van der Waals surface area (Å²) in [7, 11) is 0. The zero-order valence-corrected chi connectivity index (χ0v) is 17.9. The van der Waals surface area contributed by atoms with E-state index in [1.165, 1.54) is 50.8 Å². The molecule has 5 heteroatoms. The van der Waals surface area contributed by atoms with Gasteiger partial charge >= 0.3 is 0 Å². The van der Waals surface area contributed by atoms with Crippen molar-refractivity contribution >= 4 is 0 Å². The van der Waals surface area contributed by atoms with Crippen molar-refractivity contribution in [2.75, 3.05) is 19.6 Å². The third kappa shape index (κ3) is 3.23. The molecule has 5 nitrogen and oxygen atoms in total. The molecule has 4 aliphatic rings. The van der Waals surface area contributed by atoms with E-state index in [9.17, 15) is 4.79 Å². The molecule has 0 atom stereocenters. The van der Waals surface area contributed by atoms with E-state index in [1.807, 2.05) is 4.57 Å². The Hall–Kier alpha value is -1.98. The number of rotatable bonds is 3. The van der Waals surface area contributed by atoms with Gasteiger partial charge in [0, 0.05) is 45.1 Å². The van der Waals surface area contributed by atoms with Crippen LogP contribution in [-0.2, 0) is 32.5 Å². The Balaban J connectivity index is 1.19. The van der Waals surface area contributed by atoms with Crippen molar-refractivity contribution in [2.24, 2.45) is 5.41 Å². The maximum absolute atomic E-state index is 13.4. The Bertz CT molecular complexity index is 986. The average Bonchev–Trinajstić information content (AvgIpc) is 3.08. The van der Waals surface area contributed by atoms with Gasteiger partial charge in [-0.1, -0.05) is 36.8 Å². The third-order valence-corrected chi connectivity index (χ3v) is 8.20. The molecule has 1 saturated carbocycles. The summed E-state index contributed by atoms with van der Waals surface area (Å²) in [5.41, 5.74) is 3.84. The van der Waals surface area contributed by atoms with Gasteiger partial charge in [0.2, 0.25) is 0 Å². The molecule has 0 unspecified atom stereocenters. The van der Waals surface area contributed by atoms with Crippen molar-refractivity contribution in [3.8, 4) is 0 Å². The maximum Gasteiger partial charge on any atom is 0.258 e. The molecule has 2 aromatic rings. The quantitative estimate of drug-likeness (QED) is 0.789. The van der Waals surface area contributed by atoms with Crippen LogP contribution in [0.15, 0.2) is 35.1 Å². The summed E-state index contributed by atoms with van der Waals surface area (Å²) in [5, 5.41) is 0. The Labute approximate surface area is 178 Å². The van der Waals surface area contributed by atoms with Crippen LogP contribution >= 0.6 is 0 Å². The molecular formula is C25H32N4O. The van der Waals surface area contributed by atoms with E-state index in [1.54, 1.807) is 0 Å². The number of benzene rings is 1. The Morgan fingerprint density at radius 3 is 2.60 bits per heavy atom. The fourth-order valence-corrected chi connectivity index (χ4v) is 6.07. The highest BCUT2D eigenvalue weighted by Crippen LogP contribution is 2.42. The van der Waals surface area contributed by atoms with Gasteiger partial charge in [-0.05, 0) is 49.8 Å². The van der Waals surface area contributed by atoms with E-state index in [2.05, 4.69) is 40.1 Å². The second-order valence-corrected chi connectivity index (χ2v) is 10.1. The highest BCUT2D eigenvalue weighted by atomic mass is 16.1. The monoisotopic (exact) mass is 404 g/mol. The van der Waals surface area contributed by atoms with Gasteiger partial charge in [-0.25, -0.2) is 4.98 Å². The van der Waals surface area contributed by atoms with E-state index in [0.29, 0.717) is 0 Å². The summed E-state index contributed by atoms with van der Waals surface area (Å²) in [6.45, 7) is 5.93. The molecule has 1 aromatic heterocycles. The summed E-state index contributed by atoms with van der Waals surface area (Å²) in [6, 6.07) is 11.4. The Morgan fingerprint density at radius 1 is 1.07 bits per heavy atom. The highest BCUT2D eigenvalue weighted by Gasteiger charge is 2.43. The van der Waals surface area contributed by atoms with E-state index < -0.39 is 0 Å². The van der Waals surface area contributed by atoms with Gasteiger partial charge in [0.05, 0.1) is 11.3 Å². The molecule has 30 heavy (non-hydrogen) atoms. The molecule has 1 aliphatic carbocycles. The van der Waals surface area contributed by atoms with Crippen LogP contribution in [-0.4, -0.2) is 45.0 Å². The van der Waals surface area contributed by atoms with Crippen molar-refractivity contribution < 1.29 is 0 Å². The van der Waals surface area contributed by atoms with E-state index >= 15 is 0 Å². The number of likely N-dealkylation sites (tertiary alicyclic amines) is 1. The standard InChI is InChI=1S/C25H32N4O/c30-24-21-17-27(16-19-5-2-1-3-6-19)12-9-22(21)26-23-15-25(18-29(23)24)10-13-28(14-11-25)20-7-4-8-20/h1-3,5-6,20H,4,7-18H2. The summed E-state index contributed by atoms with van der Waals surface area (Å²) in [5.74, 6) is 1.06. The largest absolute Gasteiger partial charge is 0.300 e. The summed E-state index contributed by atoms with van der Waals surface area (Å²) >= 11 is 0. The molecule has 2 fully saturated rings. The second kappa shape index (κ2) is 7.31. The Kier molecular flexibility index (Phi) is 4.57. The zero-order chi connectivity index (χ0) is 20.1. The van der Waals surface area contributed by atoms with Crippen molar-refractivity contribution in [3.63, 3.8) is 0 Å². The molecule has 0 bridgehead atoms. The lowest BCUT2D eigenvalue weighted by molar-refractivity contribution is 0.0430. The topological polar surface area (TPSA) is 41.4 Å². The summed E-state index contributed by atoms with van der Waals surface area (Å²) in [6.07, 6.45) is 8.52. The Morgan fingerprint density at radius 2 is 1.87 bits per heavy atom. The number of fused-ring (bicyclic) bond motifs is 2. The van der Waals surface area contributed by atoms with Crippen LogP contribution in [0.2, 0.25) is 0 Å². The first-order valence-corrected chi connectivity index (χ1v) is 11.8. The molecule has 1 spiro atoms. The van der Waals surface area contributed by atoms with Gasteiger partial charge in [-0.15, -0.1) is 0 Å². The van der Waals surface area contributed by atoms with Gasteiger partial charge in [-0.2, -0.15) is 0 Å². The molecule has 4 heterocycles.